The third-order valence-electron chi connectivity index (χ3n) is 5.66. The average Bonchev–Trinajstić information content (AvgIpc) is 3.21. The van der Waals surface area contributed by atoms with E-state index in [1.807, 2.05) is 24.3 Å². The van der Waals surface area contributed by atoms with Gasteiger partial charge in [0, 0.05) is 23.4 Å². The van der Waals surface area contributed by atoms with Crippen LogP contribution in [0.15, 0.2) is 60.0 Å². The molecular weight excluding hydrogens is 461 g/mol. The first-order valence-electron chi connectivity index (χ1n) is 10.7. The fraction of sp³-hybridized carbons (Fsp3) is 0.240. The molecule has 1 unspecified atom stereocenters. The maximum Gasteiger partial charge on any atom is 0.244 e. The predicted octanol–water partition coefficient (Wildman–Crippen LogP) is 6.29. The number of anilines is 2. The second-order valence-corrected chi connectivity index (χ2v) is 9.20. The number of carbonyl (C=O) groups excluding carboxylic acids is 2. The van der Waals surface area contributed by atoms with Gasteiger partial charge < -0.3 is 5.32 Å². The minimum atomic E-state index is -0.511. The van der Waals surface area contributed by atoms with Gasteiger partial charge in [0.25, 0.3) is 0 Å². The Morgan fingerprint density at radius 2 is 1.94 bits per heavy atom. The highest BCUT2D eigenvalue weighted by Crippen LogP contribution is 2.38. The highest BCUT2D eigenvalue weighted by atomic mass is 35.5. The summed E-state index contributed by atoms with van der Waals surface area (Å²) in [4.78, 5) is 30.5. The van der Waals surface area contributed by atoms with E-state index in [9.17, 15) is 14.0 Å². The molecule has 2 aromatic carbocycles. The number of nitrogens with one attached hydrogen (secondary N) is 1. The van der Waals surface area contributed by atoms with Crippen LogP contribution in [0.3, 0.4) is 0 Å². The highest BCUT2D eigenvalue weighted by molar-refractivity contribution is 7.14. The van der Waals surface area contributed by atoms with Crippen LogP contribution in [-0.2, 0) is 9.59 Å². The third-order valence-corrected chi connectivity index (χ3v) is 6.76. The molecule has 0 saturated heterocycles. The van der Waals surface area contributed by atoms with Crippen LogP contribution in [0, 0.1) is 11.7 Å². The largest absolute Gasteiger partial charge is 0.345 e. The SMILES string of the molecule is CC(=O)N(c1nc(/C=C/C(=O)NC(c2ccc(Cl)cc2)C2CCC2)cs1)c1ccccc1F. The van der Waals surface area contributed by atoms with Crippen molar-refractivity contribution in [3.8, 4) is 0 Å². The number of rotatable bonds is 7. The zero-order chi connectivity index (χ0) is 23.4. The van der Waals surface area contributed by atoms with Crippen LogP contribution in [0.4, 0.5) is 15.2 Å². The van der Waals surface area contributed by atoms with Crippen molar-refractivity contribution < 1.29 is 14.0 Å². The van der Waals surface area contributed by atoms with Crippen molar-refractivity contribution >= 4 is 51.6 Å². The van der Waals surface area contributed by atoms with Gasteiger partial charge in [0.05, 0.1) is 17.4 Å². The van der Waals surface area contributed by atoms with Gasteiger partial charge in [0.15, 0.2) is 5.13 Å². The molecule has 1 heterocycles. The Morgan fingerprint density at radius 3 is 2.58 bits per heavy atom. The number of benzene rings is 2. The van der Waals surface area contributed by atoms with Gasteiger partial charge in [-0.1, -0.05) is 42.3 Å². The summed E-state index contributed by atoms with van der Waals surface area (Å²) < 4.78 is 14.2. The molecule has 0 radical (unpaired) electrons. The topological polar surface area (TPSA) is 62.3 Å². The standard InChI is InChI=1S/C25H23ClFN3O2S/c1-16(31)30(22-8-3-2-7-21(22)27)25-28-20(15-33-25)13-14-23(32)29-24(17-5-4-6-17)18-9-11-19(26)12-10-18/h2-3,7-15,17,24H,4-6H2,1H3,(H,29,32)/b14-13+. The number of aromatic nitrogens is 1. The molecule has 2 amide bonds. The molecule has 1 atom stereocenters. The normalized spacial score (nSPS) is 14.6. The Hall–Kier alpha value is -3.03. The van der Waals surface area contributed by atoms with Crippen LogP contribution >= 0.6 is 22.9 Å². The Balaban J connectivity index is 1.47. The minimum Gasteiger partial charge on any atom is -0.345 e. The number of halogens is 2. The Morgan fingerprint density at radius 1 is 1.21 bits per heavy atom. The van der Waals surface area contributed by atoms with Crippen molar-refractivity contribution in [2.45, 2.75) is 32.2 Å². The van der Waals surface area contributed by atoms with Crippen molar-refractivity contribution in [2.75, 3.05) is 4.90 Å². The molecule has 1 aliphatic rings. The Labute approximate surface area is 200 Å². The number of para-hydroxylation sites is 1. The summed E-state index contributed by atoms with van der Waals surface area (Å²) in [5.74, 6) is -0.689. The fourth-order valence-electron chi connectivity index (χ4n) is 3.77. The molecule has 4 rings (SSSR count). The van der Waals surface area contributed by atoms with E-state index in [0.717, 1.165) is 24.8 Å². The van der Waals surface area contributed by atoms with Gasteiger partial charge in [0.2, 0.25) is 11.8 Å². The lowest BCUT2D eigenvalue weighted by Crippen LogP contribution is -2.35. The molecule has 5 nitrogen and oxygen atoms in total. The van der Waals surface area contributed by atoms with E-state index in [2.05, 4.69) is 10.3 Å². The molecular formula is C25H23ClFN3O2S. The molecule has 1 aromatic heterocycles. The van der Waals surface area contributed by atoms with Gasteiger partial charge in [-0.05, 0) is 54.7 Å². The van der Waals surface area contributed by atoms with E-state index in [-0.39, 0.29) is 23.5 Å². The summed E-state index contributed by atoms with van der Waals surface area (Å²) in [6, 6.07) is 13.5. The summed E-state index contributed by atoms with van der Waals surface area (Å²) in [5, 5.41) is 5.81. The van der Waals surface area contributed by atoms with Crippen LogP contribution in [0.1, 0.15) is 43.5 Å². The Kier molecular flexibility index (Phi) is 7.20. The van der Waals surface area contributed by atoms with Crippen molar-refractivity contribution in [3.05, 3.63) is 82.1 Å². The zero-order valence-corrected chi connectivity index (χ0v) is 19.6. The quantitative estimate of drug-likeness (QED) is 0.401. The van der Waals surface area contributed by atoms with E-state index in [4.69, 9.17) is 11.6 Å². The first-order valence-corrected chi connectivity index (χ1v) is 11.9. The first kappa shape index (κ1) is 23.1. The predicted molar refractivity (Wildman–Crippen MR) is 130 cm³/mol. The van der Waals surface area contributed by atoms with E-state index in [1.54, 1.807) is 23.6 Å². The van der Waals surface area contributed by atoms with Gasteiger partial charge >= 0.3 is 0 Å². The minimum absolute atomic E-state index is 0.0755. The summed E-state index contributed by atoms with van der Waals surface area (Å²) in [6.45, 7) is 1.36. The monoisotopic (exact) mass is 483 g/mol. The molecule has 3 aromatic rings. The lowest BCUT2D eigenvalue weighted by Gasteiger charge is -2.34. The van der Waals surface area contributed by atoms with Crippen LogP contribution in [0.5, 0.6) is 0 Å². The molecule has 1 N–H and O–H groups in total. The molecule has 0 bridgehead atoms. The van der Waals surface area contributed by atoms with Crippen LogP contribution < -0.4 is 10.2 Å². The van der Waals surface area contributed by atoms with Crippen LogP contribution in [-0.4, -0.2) is 16.8 Å². The van der Waals surface area contributed by atoms with Crippen molar-refractivity contribution in [1.29, 1.82) is 0 Å². The smallest absolute Gasteiger partial charge is 0.244 e. The summed E-state index contributed by atoms with van der Waals surface area (Å²) in [5.41, 5.74) is 1.68. The number of thiazole rings is 1. The Bertz CT molecular complexity index is 1170. The molecule has 0 spiro atoms. The van der Waals surface area contributed by atoms with Crippen molar-refractivity contribution in [3.63, 3.8) is 0 Å². The molecule has 8 heteroatoms. The van der Waals surface area contributed by atoms with Crippen LogP contribution in [0.2, 0.25) is 5.02 Å². The summed E-state index contributed by atoms with van der Waals surface area (Å²) >= 11 is 7.21. The van der Waals surface area contributed by atoms with Gasteiger partial charge in [0.1, 0.15) is 5.82 Å². The molecule has 33 heavy (non-hydrogen) atoms. The lowest BCUT2D eigenvalue weighted by atomic mass is 9.77. The molecule has 1 fully saturated rings. The van der Waals surface area contributed by atoms with Gasteiger partial charge in [-0.2, -0.15) is 0 Å². The third kappa shape index (κ3) is 5.49. The number of hydrogen-bond donors (Lipinski definition) is 1. The zero-order valence-electron chi connectivity index (χ0n) is 18.0. The maximum atomic E-state index is 14.2. The van der Waals surface area contributed by atoms with Gasteiger partial charge in [-0.15, -0.1) is 11.3 Å². The van der Waals surface area contributed by atoms with Gasteiger partial charge in [-0.3, -0.25) is 14.5 Å². The molecule has 170 valence electrons. The van der Waals surface area contributed by atoms with E-state index in [1.165, 1.54) is 41.4 Å². The lowest BCUT2D eigenvalue weighted by molar-refractivity contribution is -0.118. The second kappa shape index (κ2) is 10.3. The van der Waals surface area contributed by atoms with Crippen molar-refractivity contribution in [1.82, 2.24) is 10.3 Å². The second-order valence-electron chi connectivity index (χ2n) is 7.92. The van der Waals surface area contributed by atoms with E-state index in [0.29, 0.717) is 21.8 Å². The van der Waals surface area contributed by atoms with Crippen LogP contribution in [0.25, 0.3) is 6.08 Å². The van der Waals surface area contributed by atoms with Gasteiger partial charge in [-0.25, -0.2) is 9.37 Å². The maximum absolute atomic E-state index is 14.2. The highest BCUT2D eigenvalue weighted by Gasteiger charge is 2.29. The van der Waals surface area contributed by atoms with E-state index < -0.39 is 5.82 Å². The molecule has 1 aliphatic carbocycles. The van der Waals surface area contributed by atoms with Crippen molar-refractivity contribution in [2.24, 2.45) is 5.92 Å². The molecule has 1 saturated carbocycles. The first-order chi connectivity index (χ1) is 15.9. The summed E-state index contributed by atoms with van der Waals surface area (Å²) in [7, 11) is 0. The average molecular weight is 484 g/mol. The number of hydrogen-bond acceptors (Lipinski definition) is 4. The summed E-state index contributed by atoms with van der Waals surface area (Å²) in [6.07, 6.45) is 6.33. The van der Waals surface area contributed by atoms with E-state index >= 15 is 0 Å². The number of amides is 2. The molecule has 0 aliphatic heterocycles. The number of carbonyl (C=O) groups is 2. The fourth-order valence-corrected chi connectivity index (χ4v) is 4.75. The number of nitrogens with zero attached hydrogens (tertiary/aromatic N) is 2.